The maximum Gasteiger partial charge on any atom is 0.208 e. The van der Waals surface area contributed by atoms with Crippen LogP contribution in [0.15, 0.2) is 60.5 Å². The molecule has 1 aromatic carbocycles. The molecule has 2 rings (SSSR count). The first-order valence-corrected chi connectivity index (χ1v) is 11.3. The van der Waals surface area contributed by atoms with Gasteiger partial charge in [0.25, 0.3) is 0 Å². The maximum absolute atomic E-state index is 13.3. The summed E-state index contributed by atoms with van der Waals surface area (Å²) in [6.45, 7) is 4.42. The monoisotopic (exact) mass is 467 g/mol. The molecule has 0 unspecified atom stereocenters. The standard InChI is InChI=1S/C19H23ClFN7O2S/c1-13(28-15-4-5-18(21)17(20)8-15)26-11-16(14-9-23-12-24-10-14)19(22)25-6-3-7-27-31(2,29)30/h4-5,8-12,26-28H,1,3,6-7H2,2H3,(H2,22,25). The van der Waals surface area contributed by atoms with Gasteiger partial charge in [-0.05, 0) is 24.6 Å². The molecule has 0 saturated heterocycles. The van der Waals surface area contributed by atoms with E-state index in [0.29, 0.717) is 35.6 Å². The topological polar surface area (TPSA) is 134 Å². The number of rotatable bonds is 11. The number of anilines is 1. The van der Waals surface area contributed by atoms with Gasteiger partial charge in [-0.25, -0.2) is 27.5 Å². The molecule has 166 valence electrons. The average Bonchev–Trinajstić information content (AvgIpc) is 2.70. The molecule has 0 aliphatic rings. The molecule has 5 N–H and O–H groups in total. The molecule has 0 spiro atoms. The maximum atomic E-state index is 13.3. The van der Waals surface area contributed by atoms with Crippen LogP contribution in [0.4, 0.5) is 10.1 Å². The summed E-state index contributed by atoms with van der Waals surface area (Å²) in [5, 5.41) is 5.89. The minimum absolute atomic E-state index is 0.0165. The van der Waals surface area contributed by atoms with Gasteiger partial charge >= 0.3 is 0 Å². The molecule has 0 radical (unpaired) electrons. The van der Waals surface area contributed by atoms with Gasteiger partial charge in [0.2, 0.25) is 10.0 Å². The van der Waals surface area contributed by atoms with Crippen molar-refractivity contribution in [2.24, 2.45) is 10.7 Å². The Morgan fingerprint density at radius 3 is 2.71 bits per heavy atom. The Bertz CT molecular complexity index is 1080. The normalized spacial score (nSPS) is 12.5. The van der Waals surface area contributed by atoms with Gasteiger partial charge in [-0.1, -0.05) is 18.2 Å². The lowest BCUT2D eigenvalue weighted by Gasteiger charge is -2.12. The second-order valence-electron chi connectivity index (χ2n) is 6.35. The van der Waals surface area contributed by atoms with E-state index < -0.39 is 15.8 Å². The van der Waals surface area contributed by atoms with Gasteiger partial charge in [0.05, 0.1) is 17.1 Å². The Morgan fingerprint density at radius 2 is 2.06 bits per heavy atom. The van der Waals surface area contributed by atoms with E-state index in [9.17, 15) is 12.8 Å². The summed E-state index contributed by atoms with van der Waals surface area (Å²) in [5.41, 5.74) is 7.80. The SMILES string of the molecule is C=C(NC=C(C(N)=NCCCNS(C)(=O)=O)c1cncnc1)Nc1ccc(F)c(Cl)c1. The van der Waals surface area contributed by atoms with Crippen LogP contribution in [-0.2, 0) is 10.0 Å². The first-order valence-electron chi connectivity index (χ1n) is 9.03. The van der Waals surface area contributed by atoms with Crippen molar-refractivity contribution in [2.45, 2.75) is 6.42 Å². The summed E-state index contributed by atoms with van der Waals surface area (Å²) in [6.07, 6.45) is 7.67. The van der Waals surface area contributed by atoms with E-state index in [1.807, 2.05) is 0 Å². The van der Waals surface area contributed by atoms with Crippen molar-refractivity contribution in [2.75, 3.05) is 24.7 Å². The van der Waals surface area contributed by atoms with E-state index in [1.54, 1.807) is 18.6 Å². The van der Waals surface area contributed by atoms with Crippen LogP contribution in [0.1, 0.15) is 12.0 Å². The van der Waals surface area contributed by atoms with Crippen LogP contribution in [0.5, 0.6) is 0 Å². The number of halogens is 2. The Kier molecular flexibility index (Phi) is 8.91. The van der Waals surface area contributed by atoms with E-state index in [4.69, 9.17) is 17.3 Å². The third-order valence-corrected chi connectivity index (χ3v) is 4.75. The highest BCUT2D eigenvalue weighted by Crippen LogP contribution is 2.20. The van der Waals surface area contributed by atoms with Crippen LogP contribution >= 0.6 is 11.6 Å². The van der Waals surface area contributed by atoms with E-state index in [2.05, 4.69) is 36.9 Å². The lowest BCUT2D eigenvalue weighted by molar-refractivity contribution is 0.586. The Hall–Kier alpha value is -3.02. The summed E-state index contributed by atoms with van der Waals surface area (Å²) in [6, 6.07) is 4.19. The molecule has 1 aromatic heterocycles. The highest BCUT2D eigenvalue weighted by Gasteiger charge is 2.08. The van der Waals surface area contributed by atoms with Crippen molar-refractivity contribution in [1.29, 1.82) is 0 Å². The molecule has 0 atom stereocenters. The summed E-state index contributed by atoms with van der Waals surface area (Å²) >= 11 is 5.78. The van der Waals surface area contributed by atoms with Crippen molar-refractivity contribution in [3.8, 4) is 0 Å². The average molecular weight is 468 g/mol. The number of aromatic nitrogens is 2. The predicted molar refractivity (Wildman–Crippen MR) is 121 cm³/mol. The summed E-state index contributed by atoms with van der Waals surface area (Å²) in [5.74, 6) is 0.0641. The van der Waals surface area contributed by atoms with E-state index in [0.717, 1.165) is 6.26 Å². The Labute approximate surface area is 185 Å². The van der Waals surface area contributed by atoms with Gasteiger partial charge in [-0.2, -0.15) is 0 Å². The minimum atomic E-state index is -3.25. The molecule has 0 bridgehead atoms. The fraction of sp³-hybridized carbons (Fsp3) is 0.211. The number of nitrogens with two attached hydrogens (primary N) is 1. The fourth-order valence-electron chi connectivity index (χ4n) is 2.31. The zero-order chi connectivity index (χ0) is 22.9. The third-order valence-electron chi connectivity index (χ3n) is 3.73. The highest BCUT2D eigenvalue weighted by molar-refractivity contribution is 7.88. The molecule has 12 heteroatoms. The largest absolute Gasteiger partial charge is 0.383 e. The van der Waals surface area contributed by atoms with Gasteiger partial charge in [0, 0.05) is 48.5 Å². The van der Waals surface area contributed by atoms with E-state index in [-0.39, 0.29) is 17.4 Å². The van der Waals surface area contributed by atoms with Crippen LogP contribution in [0.2, 0.25) is 5.02 Å². The molecule has 9 nitrogen and oxygen atoms in total. The number of amidine groups is 1. The van der Waals surface area contributed by atoms with Gasteiger partial charge in [-0.3, -0.25) is 4.99 Å². The van der Waals surface area contributed by atoms with Crippen molar-refractivity contribution < 1.29 is 12.8 Å². The molecule has 2 aromatic rings. The van der Waals surface area contributed by atoms with Crippen molar-refractivity contribution in [3.63, 3.8) is 0 Å². The lowest BCUT2D eigenvalue weighted by atomic mass is 10.1. The van der Waals surface area contributed by atoms with Crippen LogP contribution in [-0.4, -0.2) is 43.6 Å². The van der Waals surface area contributed by atoms with Crippen molar-refractivity contribution in [3.05, 3.63) is 71.9 Å². The highest BCUT2D eigenvalue weighted by atomic mass is 35.5. The quantitative estimate of drug-likeness (QED) is 0.226. The van der Waals surface area contributed by atoms with Gasteiger partial charge in [0.1, 0.15) is 18.0 Å². The van der Waals surface area contributed by atoms with Gasteiger partial charge in [-0.15, -0.1) is 0 Å². The first kappa shape index (κ1) is 24.3. The number of hydrogen-bond acceptors (Lipinski definition) is 7. The number of nitrogens with one attached hydrogen (secondary N) is 3. The molecule has 31 heavy (non-hydrogen) atoms. The van der Waals surface area contributed by atoms with E-state index in [1.165, 1.54) is 24.5 Å². The van der Waals surface area contributed by atoms with Crippen LogP contribution in [0.25, 0.3) is 5.57 Å². The molecule has 0 aliphatic heterocycles. The fourth-order valence-corrected chi connectivity index (χ4v) is 3.00. The number of nitrogens with zero attached hydrogens (tertiary/aromatic N) is 3. The second kappa shape index (κ2) is 11.4. The molecular formula is C19H23ClFN7O2S. The molecular weight excluding hydrogens is 445 g/mol. The zero-order valence-corrected chi connectivity index (χ0v) is 18.3. The number of benzene rings is 1. The van der Waals surface area contributed by atoms with Gasteiger partial charge < -0.3 is 16.4 Å². The first-order chi connectivity index (χ1) is 14.7. The molecule has 0 fully saturated rings. The predicted octanol–water partition coefficient (Wildman–Crippen LogP) is 2.08. The Morgan fingerprint density at radius 1 is 1.35 bits per heavy atom. The molecule has 0 saturated carbocycles. The summed E-state index contributed by atoms with van der Waals surface area (Å²) in [4.78, 5) is 12.3. The van der Waals surface area contributed by atoms with Gasteiger partial charge in [0.15, 0.2) is 0 Å². The Balaban J connectivity index is 2.08. The molecule has 1 heterocycles. The smallest absolute Gasteiger partial charge is 0.208 e. The van der Waals surface area contributed by atoms with Crippen LogP contribution in [0.3, 0.4) is 0 Å². The summed E-state index contributed by atoms with van der Waals surface area (Å²) in [7, 11) is -3.25. The zero-order valence-electron chi connectivity index (χ0n) is 16.8. The number of hydrogen-bond donors (Lipinski definition) is 4. The van der Waals surface area contributed by atoms with Crippen molar-refractivity contribution in [1.82, 2.24) is 20.0 Å². The second-order valence-corrected chi connectivity index (χ2v) is 8.59. The molecule has 0 amide bonds. The minimum Gasteiger partial charge on any atom is -0.383 e. The van der Waals surface area contributed by atoms with Crippen LogP contribution < -0.4 is 21.1 Å². The van der Waals surface area contributed by atoms with Crippen molar-refractivity contribution >= 4 is 38.7 Å². The summed E-state index contributed by atoms with van der Waals surface area (Å²) < 4.78 is 37.9. The van der Waals surface area contributed by atoms with E-state index >= 15 is 0 Å². The molecule has 0 aliphatic carbocycles. The van der Waals surface area contributed by atoms with Crippen LogP contribution in [0, 0.1) is 5.82 Å². The number of sulfonamides is 1. The third kappa shape index (κ3) is 8.70. The number of aliphatic imine (C=N–C) groups is 1. The lowest BCUT2D eigenvalue weighted by Crippen LogP contribution is -2.24.